The van der Waals surface area contributed by atoms with E-state index in [-0.39, 0.29) is 71.8 Å². The van der Waals surface area contributed by atoms with Gasteiger partial charge >= 0.3 is 20.1 Å². The molecule has 0 aromatic rings. The Morgan fingerprint density at radius 2 is 0.913 bits per heavy atom. The lowest BCUT2D eigenvalue weighted by Gasteiger charge is -2.50. The summed E-state index contributed by atoms with van der Waals surface area (Å²) in [5.74, 6) is -0.725. The number of aliphatic hydroxyl groups is 2. The van der Waals surface area contributed by atoms with Gasteiger partial charge < -0.3 is 67.1 Å². The highest BCUT2D eigenvalue weighted by molar-refractivity contribution is 7.48. The van der Waals surface area contributed by atoms with Crippen molar-refractivity contribution in [2.75, 3.05) is 73.7 Å². The molecule has 22 heteroatoms. The molecule has 0 saturated carbocycles. The molecule has 0 amide bonds. The number of phosphoric acid groups is 1. The van der Waals surface area contributed by atoms with Crippen LogP contribution < -0.4 is 0 Å². The molecule has 0 aromatic carbocycles. The molecule has 2 saturated heterocycles. The summed E-state index contributed by atoms with van der Waals surface area (Å²) >= 11 is 0. The van der Waals surface area contributed by atoms with E-state index in [9.17, 15) is 24.4 Å². The molecule has 0 radical (unpaired) electrons. The van der Waals surface area contributed by atoms with Crippen molar-refractivity contribution < 1.29 is 99.6 Å². The molecule has 2 heterocycles. The number of hydrogen-bond acceptors (Lipinski definition) is 21. The van der Waals surface area contributed by atoms with Crippen LogP contribution in [-0.2, 0) is 79.8 Å². The second kappa shape index (κ2) is 64.4. The average Bonchev–Trinajstić information content (AvgIpc) is 0.735. The van der Waals surface area contributed by atoms with Gasteiger partial charge in [-0.1, -0.05) is 270 Å². The molecule has 2 aliphatic rings. The summed E-state index contributed by atoms with van der Waals surface area (Å²) in [4.78, 5) is 42.4. The third-order valence-electron chi connectivity index (χ3n) is 19.2. The number of ketones is 1. The first kappa shape index (κ1) is 96.7. The van der Waals surface area contributed by atoms with E-state index in [1.54, 1.807) is 7.11 Å². The van der Waals surface area contributed by atoms with Crippen molar-refractivity contribution in [2.24, 2.45) is 0 Å². The lowest BCUT2D eigenvalue weighted by Crippen LogP contribution is -2.72. The maximum atomic E-state index is 15.6. The van der Waals surface area contributed by atoms with Gasteiger partial charge in [0.25, 0.3) is 0 Å². The van der Waals surface area contributed by atoms with Gasteiger partial charge in [0.2, 0.25) is 5.60 Å². The van der Waals surface area contributed by atoms with E-state index in [2.05, 4.69) is 66.2 Å². The molecule has 2 fully saturated rings. The third-order valence-corrected chi connectivity index (χ3v) is 20.6. The zero-order valence-corrected chi connectivity index (χ0v) is 66.7. The fourth-order valence-electron chi connectivity index (χ4n) is 13.2. The topological polar surface area (TPSA) is 247 Å². The quantitative estimate of drug-likeness (QED) is 0.0249. The van der Waals surface area contributed by atoms with Gasteiger partial charge in [0.15, 0.2) is 24.5 Å². The van der Waals surface area contributed by atoms with Gasteiger partial charge in [-0.25, -0.2) is 14.2 Å². The van der Waals surface area contributed by atoms with Crippen LogP contribution in [0, 0.1) is 0 Å². The van der Waals surface area contributed by atoms with Crippen molar-refractivity contribution in [1.29, 1.82) is 0 Å². The second-order valence-electron chi connectivity index (χ2n) is 28.1. The Labute approximate surface area is 629 Å². The summed E-state index contributed by atoms with van der Waals surface area (Å²) in [7, 11) is -1.58. The highest BCUT2D eigenvalue weighted by atomic mass is 31.2. The predicted molar refractivity (Wildman–Crippen MR) is 411 cm³/mol. The summed E-state index contributed by atoms with van der Waals surface area (Å²) in [6.45, 7) is 22.0. The van der Waals surface area contributed by atoms with E-state index in [0.717, 1.165) is 135 Å². The first-order valence-electron chi connectivity index (χ1n) is 40.8. The van der Waals surface area contributed by atoms with E-state index in [1.165, 1.54) is 121 Å². The number of Topliss-reactive ketones (excluding diaryl/α,β-unsaturated/α-hetero) is 1. The number of ether oxygens (including phenoxy) is 12. The van der Waals surface area contributed by atoms with Gasteiger partial charge in [0, 0.05) is 40.3 Å². The van der Waals surface area contributed by atoms with Crippen LogP contribution in [-0.4, -0.2) is 175 Å². The molecule has 2 N–H and O–H groups in total. The van der Waals surface area contributed by atoms with Crippen molar-refractivity contribution in [3.8, 4) is 0 Å². The summed E-state index contributed by atoms with van der Waals surface area (Å²) in [5, 5.41) is 26.1. The lowest BCUT2D eigenvalue weighted by atomic mass is 9.81. The van der Waals surface area contributed by atoms with E-state index in [0.29, 0.717) is 32.1 Å². The largest absolute Gasteiger partial charge is 0.509 e. The van der Waals surface area contributed by atoms with E-state index in [4.69, 9.17) is 70.4 Å². The van der Waals surface area contributed by atoms with Crippen LogP contribution in [0.25, 0.3) is 0 Å². The first-order chi connectivity index (χ1) is 50.7. The van der Waals surface area contributed by atoms with Crippen molar-refractivity contribution in [2.45, 2.75) is 370 Å². The van der Waals surface area contributed by atoms with Crippen LogP contribution in [0.5, 0.6) is 0 Å². The molecule has 0 aliphatic carbocycles. The van der Waals surface area contributed by atoms with Crippen molar-refractivity contribution in [3.63, 3.8) is 0 Å². The fourth-order valence-corrected chi connectivity index (χ4v) is 14.5. The Kier molecular flexibility index (Phi) is 59.9. The maximum Gasteiger partial charge on any atom is 0.509 e. The molecule has 1 unspecified atom stereocenters. The molecule has 606 valence electrons. The summed E-state index contributed by atoms with van der Waals surface area (Å²) in [6.07, 6.45) is 34.4. The maximum absolute atomic E-state index is 15.6. The van der Waals surface area contributed by atoms with Crippen molar-refractivity contribution >= 4 is 25.9 Å². The number of methoxy groups -OCH3 is 2. The zero-order chi connectivity index (χ0) is 76.0. The Morgan fingerprint density at radius 3 is 1.43 bits per heavy atom. The Hall–Kier alpha value is -3.38. The molecular formula is C82H147O21P. The standard InChI is InChI=1S/C82H147O21P/c1-11-19-23-27-30-33-35-36-37-38-39-41-44-48-52-56-72(83)82(87)77(93-65-57-68(90-10)54-50-46-26-22-14-4)74(103-104(88,97-61-17-7)98-62-18-8)70(66-89-9)101-79(82)96-67-71-73(102-81(86)95-60-16-6)75(91-63-53-49-45-42-34-31-28-24-20-12-2)76(78(84)100-71)92-64-58-69(99-80(85)94-59-15-5)55-51-47-43-40-32-29-25-21-13-3/h15-18,33,35,68-71,73-79,84,87H,5-8,11-14,19-32,34,36-67H2,1-4,9-10H3/t68-,69-,70-,71-,73-,74-,75+,76-,77+,78?,79-,82-/m1/s1. The zero-order valence-electron chi connectivity index (χ0n) is 65.8. The van der Waals surface area contributed by atoms with Crippen molar-refractivity contribution in [3.05, 3.63) is 62.8 Å². The summed E-state index contributed by atoms with van der Waals surface area (Å²) in [5.41, 5.74) is -2.75. The number of carbonyl (C=O) groups is 3. The van der Waals surface area contributed by atoms with Gasteiger partial charge in [-0.05, 0) is 64.2 Å². The number of unbranched alkanes of at least 4 members (excludes halogenated alkanes) is 32. The van der Waals surface area contributed by atoms with E-state index < -0.39 is 99.5 Å². The molecule has 0 bridgehead atoms. The normalized spacial score (nSPS) is 21.9. The van der Waals surface area contributed by atoms with Crippen LogP contribution in [0.2, 0.25) is 0 Å². The smallest absolute Gasteiger partial charge is 0.431 e. The summed E-state index contributed by atoms with van der Waals surface area (Å²) < 4.78 is 107. The Balaban J connectivity index is 2.77. The minimum Gasteiger partial charge on any atom is -0.431 e. The van der Waals surface area contributed by atoms with Crippen LogP contribution in [0.1, 0.15) is 297 Å². The number of rotatable bonds is 72. The number of carbonyl (C=O) groups excluding carboxylic acids is 3. The molecule has 0 aromatic heterocycles. The van der Waals surface area contributed by atoms with E-state index in [1.807, 2.05) is 0 Å². The van der Waals surface area contributed by atoms with Gasteiger partial charge in [0.05, 0.1) is 39.1 Å². The Bertz CT molecular complexity index is 2210. The number of phosphoric ester groups is 1. The van der Waals surface area contributed by atoms with Gasteiger partial charge in [-0.3, -0.25) is 18.4 Å². The minimum absolute atomic E-state index is 0.0293. The van der Waals surface area contributed by atoms with Gasteiger partial charge in [-0.15, -0.1) is 13.2 Å². The van der Waals surface area contributed by atoms with Crippen LogP contribution in [0.3, 0.4) is 0 Å². The molecule has 104 heavy (non-hydrogen) atoms. The van der Waals surface area contributed by atoms with E-state index >= 15 is 4.79 Å². The minimum atomic E-state index is -4.63. The van der Waals surface area contributed by atoms with Crippen LogP contribution in [0.4, 0.5) is 9.59 Å². The molecule has 2 aliphatic heterocycles. The van der Waals surface area contributed by atoms with Crippen LogP contribution in [0.15, 0.2) is 62.8 Å². The van der Waals surface area contributed by atoms with Gasteiger partial charge in [0.1, 0.15) is 55.9 Å². The number of hydrogen-bond donors (Lipinski definition) is 2. The SMILES string of the molecule is C=CCOC(=O)O[C@H](CCCCCCCCCCC)CCO[C@H]1C(O)O[C@H](CO[C@@H]2O[C@H](COC)[C@@H](OP(=O)(OCC=C)OCC=C)[C@H](OCC[C@@H](CCCCCCC)OC)[C@]2(O)C(=O)CCCCCCCCCC=CCCCCCC)[C@@H](OC(=O)OCC=C)[C@@H]1OCCCCCCCCCCCC. The average molecular weight is 1500 g/mol. The highest BCUT2D eigenvalue weighted by Crippen LogP contribution is 2.54. The molecule has 0 spiro atoms. The monoisotopic (exact) mass is 1500 g/mol. The van der Waals surface area contributed by atoms with Crippen LogP contribution >= 0.6 is 7.82 Å². The Morgan fingerprint density at radius 1 is 0.471 bits per heavy atom. The van der Waals surface area contributed by atoms with Gasteiger partial charge in [-0.2, -0.15) is 0 Å². The van der Waals surface area contributed by atoms with Crippen molar-refractivity contribution in [1.82, 2.24) is 0 Å². The summed E-state index contributed by atoms with van der Waals surface area (Å²) in [6, 6.07) is 0. The second-order valence-corrected chi connectivity index (χ2v) is 29.7. The molecular weight excluding hydrogens is 1350 g/mol. The molecule has 21 nitrogen and oxygen atoms in total. The molecule has 12 atom stereocenters. The molecule has 2 rings (SSSR count). The predicted octanol–water partition coefficient (Wildman–Crippen LogP) is 19.9. The number of aliphatic hydroxyl groups excluding tert-OH is 1. The third kappa shape index (κ3) is 43.1. The fraction of sp³-hybridized carbons (Fsp3) is 0.841. The number of allylic oxidation sites excluding steroid dienone is 2. The first-order valence-corrected chi connectivity index (χ1v) is 42.2. The highest BCUT2D eigenvalue weighted by Gasteiger charge is 2.63. The lowest BCUT2D eigenvalue weighted by molar-refractivity contribution is -0.350.